The second-order valence-electron chi connectivity index (χ2n) is 7.72. The van der Waals surface area contributed by atoms with Crippen molar-refractivity contribution in [3.8, 4) is 0 Å². The summed E-state index contributed by atoms with van der Waals surface area (Å²) in [5.41, 5.74) is 1.28. The summed E-state index contributed by atoms with van der Waals surface area (Å²) >= 11 is 6.14. The van der Waals surface area contributed by atoms with E-state index in [-0.39, 0.29) is 0 Å². The Morgan fingerprint density at radius 1 is 1.04 bits per heavy atom. The lowest BCUT2D eigenvalue weighted by Gasteiger charge is -2.32. The number of halogens is 1. The third-order valence-electron chi connectivity index (χ3n) is 5.73. The quantitative estimate of drug-likeness (QED) is 0.804. The highest BCUT2D eigenvalue weighted by Gasteiger charge is 2.26. The maximum absolute atomic E-state index is 6.14. The number of rotatable bonds is 5. The van der Waals surface area contributed by atoms with Gasteiger partial charge in [0.1, 0.15) is 11.6 Å². The Morgan fingerprint density at radius 2 is 1.85 bits per heavy atom. The van der Waals surface area contributed by atoms with Gasteiger partial charge in [-0.25, -0.2) is 0 Å². The molecule has 0 amide bonds. The highest BCUT2D eigenvalue weighted by atomic mass is 35.5. The summed E-state index contributed by atoms with van der Waals surface area (Å²) in [4.78, 5) is 5.01. The largest absolute Gasteiger partial charge is 0.317 e. The molecule has 0 unspecified atom stereocenters. The van der Waals surface area contributed by atoms with Crippen LogP contribution in [0.3, 0.4) is 0 Å². The Morgan fingerprint density at radius 3 is 2.65 bits per heavy atom. The Hall–Kier alpha value is -1.43. The maximum atomic E-state index is 6.14. The number of benzene rings is 1. The van der Waals surface area contributed by atoms with Crippen molar-refractivity contribution in [1.29, 1.82) is 0 Å². The molecule has 0 saturated carbocycles. The van der Waals surface area contributed by atoms with Gasteiger partial charge < -0.3 is 4.57 Å². The summed E-state index contributed by atoms with van der Waals surface area (Å²) in [6.07, 6.45) is 5.03. The van der Waals surface area contributed by atoms with Crippen LogP contribution in [0.15, 0.2) is 24.3 Å². The second-order valence-corrected chi connectivity index (χ2v) is 8.16. The van der Waals surface area contributed by atoms with E-state index in [1.54, 1.807) is 0 Å². The molecule has 2 aliphatic heterocycles. The molecule has 0 N–H and O–H groups in total. The normalized spacial score (nSPS) is 22.2. The molecule has 0 radical (unpaired) electrons. The lowest BCUT2D eigenvalue weighted by Crippen LogP contribution is -2.35. The van der Waals surface area contributed by atoms with Crippen LogP contribution >= 0.6 is 11.6 Å². The van der Waals surface area contributed by atoms with Gasteiger partial charge in [0.25, 0.3) is 0 Å². The summed E-state index contributed by atoms with van der Waals surface area (Å²) in [5.74, 6) is 2.72. The van der Waals surface area contributed by atoms with Crippen LogP contribution in [0, 0.1) is 0 Å². The minimum absolute atomic E-state index is 0.466. The van der Waals surface area contributed by atoms with Gasteiger partial charge in [0.05, 0.1) is 6.54 Å². The summed E-state index contributed by atoms with van der Waals surface area (Å²) in [5, 5.41) is 9.90. The third kappa shape index (κ3) is 4.11. The predicted octanol–water partition coefficient (Wildman–Crippen LogP) is 3.44. The van der Waals surface area contributed by atoms with E-state index in [1.165, 1.54) is 44.3 Å². The van der Waals surface area contributed by atoms with Gasteiger partial charge in [-0.15, -0.1) is 10.2 Å². The van der Waals surface area contributed by atoms with Crippen molar-refractivity contribution in [2.75, 3.05) is 26.2 Å². The van der Waals surface area contributed by atoms with Gasteiger partial charge in [-0.1, -0.05) is 23.7 Å². The maximum Gasteiger partial charge on any atom is 0.146 e. The van der Waals surface area contributed by atoms with Crippen molar-refractivity contribution in [1.82, 2.24) is 24.6 Å². The number of hydrogen-bond acceptors (Lipinski definition) is 4. The van der Waals surface area contributed by atoms with E-state index in [2.05, 4.69) is 43.7 Å². The highest BCUT2D eigenvalue weighted by molar-refractivity contribution is 6.30. The van der Waals surface area contributed by atoms with E-state index < -0.39 is 0 Å². The van der Waals surface area contributed by atoms with Gasteiger partial charge >= 0.3 is 0 Å². The van der Waals surface area contributed by atoms with Crippen molar-refractivity contribution >= 4 is 11.6 Å². The smallest absolute Gasteiger partial charge is 0.146 e. The van der Waals surface area contributed by atoms with Gasteiger partial charge in [-0.3, -0.25) is 9.80 Å². The monoisotopic (exact) mass is 373 g/mol. The zero-order chi connectivity index (χ0) is 17.9. The summed E-state index contributed by atoms with van der Waals surface area (Å²) < 4.78 is 2.24. The first-order chi connectivity index (χ1) is 12.7. The molecule has 2 aromatic rings. The predicted molar refractivity (Wildman–Crippen MR) is 104 cm³/mol. The highest BCUT2D eigenvalue weighted by Crippen LogP contribution is 2.27. The van der Waals surface area contributed by atoms with Crippen LogP contribution in [0.4, 0.5) is 0 Å². The first kappa shape index (κ1) is 18.0. The van der Waals surface area contributed by atoms with Crippen molar-refractivity contribution in [3.63, 3.8) is 0 Å². The van der Waals surface area contributed by atoms with Crippen molar-refractivity contribution < 1.29 is 0 Å². The minimum atomic E-state index is 0.466. The molecule has 0 bridgehead atoms. The molecule has 140 valence electrons. The van der Waals surface area contributed by atoms with E-state index in [9.17, 15) is 0 Å². The fourth-order valence-corrected chi connectivity index (χ4v) is 4.53. The molecule has 5 nitrogen and oxygen atoms in total. The zero-order valence-corrected chi connectivity index (χ0v) is 16.3. The number of piperidine rings is 1. The van der Waals surface area contributed by atoms with Crippen molar-refractivity contribution in [2.45, 2.75) is 44.7 Å². The average Bonchev–Trinajstić information content (AvgIpc) is 3.26. The number of likely N-dealkylation sites (tertiary alicyclic amines) is 2. The molecular formula is C20H28ClN5. The zero-order valence-electron chi connectivity index (χ0n) is 15.6. The molecule has 1 atom stereocenters. The topological polar surface area (TPSA) is 37.2 Å². The third-order valence-corrected chi connectivity index (χ3v) is 5.96. The lowest BCUT2D eigenvalue weighted by molar-refractivity contribution is 0.195. The van der Waals surface area contributed by atoms with Crippen molar-refractivity contribution in [2.24, 2.45) is 7.05 Å². The molecular weight excluding hydrogens is 346 g/mol. The number of nitrogens with zero attached hydrogens (tertiary/aromatic N) is 5. The molecule has 1 aromatic carbocycles. The van der Waals surface area contributed by atoms with E-state index in [0.717, 1.165) is 42.9 Å². The van der Waals surface area contributed by atoms with Gasteiger partial charge in [0, 0.05) is 31.1 Å². The van der Waals surface area contributed by atoms with E-state index in [1.807, 2.05) is 12.1 Å². The molecule has 6 heteroatoms. The van der Waals surface area contributed by atoms with Crippen LogP contribution in [-0.4, -0.2) is 50.7 Å². The standard InChI is InChI=1S/C20H28ClN5/c1-24-19(15-25-9-2-3-10-25)22-23-20(24)17-7-5-11-26(14-17)13-16-6-4-8-18(21)12-16/h4,6,8,12,17H,2-3,5,7,9-11,13-15H2,1H3/t17-/m1/s1. The van der Waals surface area contributed by atoms with Gasteiger partial charge in [0.2, 0.25) is 0 Å². The molecule has 26 heavy (non-hydrogen) atoms. The Kier molecular flexibility index (Phi) is 5.57. The Balaban J connectivity index is 1.41. The minimum Gasteiger partial charge on any atom is -0.317 e. The van der Waals surface area contributed by atoms with Crippen LogP contribution in [0.25, 0.3) is 0 Å². The molecule has 2 aliphatic rings. The van der Waals surface area contributed by atoms with Gasteiger partial charge in [-0.2, -0.15) is 0 Å². The van der Waals surface area contributed by atoms with Gasteiger partial charge in [0.15, 0.2) is 0 Å². The summed E-state index contributed by atoms with van der Waals surface area (Å²) in [6, 6.07) is 8.20. The van der Waals surface area contributed by atoms with E-state index in [0.29, 0.717) is 5.92 Å². The molecule has 0 aliphatic carbocycles. The average molecular weight is 374 g/mol. The van der Waals surface area contributed by atoms with Gasteiger partial charge in [-0.05, 0) is 63.0 Å². The van der Waals surface area contributed by atoms with Crippen LogP contribution in [0.5, 0.6) is 0 Å². The molecule has 0 spiro atoms. The first-order valence-electron chi connectivity index (χ1n) is 9.76. The summed E-state index contributed by atoms with van der Waals surface area (Å²) in [7, 11) is 2.14. The van der Waals surface area contributed by atoms with E-state index in [4.69, 9.17) is 11.6 Å². The Labute approximate surface area is 161 Å². The lowest BCUT2D eigenvalue weighted by atomic mass is 9.96. The van der Waals surface area contributed by atoms with E-state index >= 15 is 0 Å². The van der Waals surface area contributed by atoms with Crippen LogP contribution in [-0.2, 0) is 20.1 Å². The summed E-state index contributed by atoms with van der Waals surface area (Å²) in [6.45, 7) is 6.46. The first-order valence-corrected chi connectivity index (χ1v) is 10.1. The second kappa shape index (κ2) is 8.07. The van der Waals surface area contributed by atoms with Crippen LogP contribution in [0.2, 0.25) is 5.02 Å². The number of hydrogen-bond donors (Lipinski definition) is 0. The fourth-order valence-electron chi connectivity index (χ4n) is 4.31. The molecule has 2 fully saturated rings. The molecule has 1 aromatic heterocycles. The Bertz CT molecular complexity index is 738. The fraction of sp³-hybridized carbons (Fsp3) is 0.600. The number of aromatic nitrogens is 3. The van der Waals surface area contributed by atoms with Crippen molar-refractivity contribution in [3.05, 3.63) is 46.5 Å². The molecule has 2 saturated heterocycles. The van der Waals surface area contributed by atoms with Crippen LogP contribution in [0.1, 0.15) is 48.8 Å². The molecule has 4 rings (SSSR count). The SMILES string of the molecule is Cn1c(CN2CCCC2)nnc1[C@@H]1CCCN(Cc2cccc(Cl)c2)C1. The van der Waals surface area contributed by atoms with Crippen LogP contribution < -0.4 is 0 Å². The molecule has 3 heterocycles.